The van der Waals surface area contributed by atoms with E-state index in [1.54, 1.807) is 24.3 Å². The Morgan fingerprint density at radius 3 is 2.63 bits per heavy atom. The average Bonchev–Trinajstić information content (AvgIpc) is 3.25. The summed E-state index contributed by atoms with van der Waals surface area (Å²) in [6, 6.07) is 13.3. The van der Waals surface area contributed by atoms with Crippen LogP contribution in [-0.2, 0) is 0 Å². The van der Waals surface area contributed by atoms with Crippen LogP contribution in [0, 0.1) is 0 Å². The van der Waals surface area contributed by atoms with Gasteiger partial charge in [-0.3, -0.25) is 4.79 Å². The Labute approximate surface area is 155 Å². The lowest BCUT2D eigenvalue weighted by Gasteiger charge is -2.18. The average molecular weight is 363 g/mol. The molecule has 0 unspecified atom stereocenters. The molecule has 2 aromatic carbocycles. The van der Waals surface area contributed by atoms with Crippen LogP contribution in [0.4, 0.5) is 0 Å². The minimum Gasteiger partial charge on any atom is -0.486 e. The molecular formula is C20H17N3O4. The van der Waals surface area contributed by atoms with Crippen LogP contribution in [0.25, 0.3) is 11.5 Å². The molecule has 1 fully saturated rings. The van der Waals surface area contributed by atoms with E-state index < -0.39 is 0 Å². The minimum atomic E-state index is -0.0860. The van der Waals surface area contributed by atoms with Crippen molar-refractivity contribution in [2.24, 2.45) is 0 Å². The molecule has 136 valence electrons. The molecular weight excluding hydrogens is 346 g/mol. The maximum absolute atomic E-state index is 12.5. The third-order valence-electron chi connectivity index (χ3n) is 4.86. The number of rotatable bonds is 4. The molecule has 1 N–H and O–H groups in total. The lowest BCUT2D eigenvalue weighted by atomic mass is 10.1. The van der Waals surface area contributed by atoms with Gasteiger partial charge in [0.05, 0.1) is 0 Å². The van der Waals surface area contributed by atoms with E-state index in [1.807, 2.05) is 18.2 Å². The number of hydrogen-bond acceptors (Lipinski definition) is 6. The van der Waals surface area contributed by atoms with Gasteiger partial charge in [-0.15, -0.1) is 0 Å². The van der Waals surface area contributed by atoms with Crippen LogP contribution in [0.1, 0.15) is 28.3 Å². The van der Waals surface area contributed by atoms with E-state index in [2.05, 4.69) is 15.5 Å². The number of ether oxygens (including phenoxy) is 2. The van der Waals surface area contributed by atoms with Gasteiger partial charge < -0.3 is 19.3 Å². The summed E-state index contributed by atoms with van der Waals surface area (Å²) in [6.45, 7) is 1.15. The summed E-state index contributed by atoms with van der Waals surface area (Å²) in [5.74, 6) is 2.22. The van der Waals surface area contributed by atoms with Crippen LogP contribution in [0.5, 0.6) is 11.5 Å². The van der Waals surface area contributed by atoms with Crippen molar-refractivity contribution in [1.82, 2.24) is 15.5 Å². The molecule has 2 atom stereocenters. The lowest BCUT2D eigenvalue weighted by Crippen LogP contribution is -2.26. The molecule has 7 nitrogen and oxygen atoms in total. The fourth-order valence-corrected chi connectivity index (χ4v) is 3.33. The van der Waals surface area contributed by atoms with Gasteiger partial charge in [-0.2, -0.15) is 4.98 Å². The van der Waals surface area contributed by atoms with Gasteiger partial charge in [0.25, 0.3) is 11.8 Å². The number of nitrogens with one attached hydrogen (secondary N) is 1. The Kier molecular flexibility index (Phi) is 3.78. The molecule has 3 aromatic rings. The van der Waals surface area contributed by atoms with Crippen molar-refractivity contribution in [1.29, 1.82) is 0 Å². The molecule has 1 amide bonds. The second-order valence-electron chi connectivity index (χ2n) is 6.65. The Morgan fingerprint density at radius 2 is 1.85 bits per heavy atom. The fourth-order valence-electron chi connectivity index (χ4n) is 3.33. The number of aromatic nitrogens is 2. The van der Waals surface area contributed by atoms with Crippen molar-refractivity contribution >= 4 is 5.91 Å². The number of fused-ring (bicyclic) bond motifs is 1. The molecule has 2 heterocycles. The molecule has 0 radical (unpaired) electrons. The van der Waals surface area contributed by atoms with Gasteiger partial charge in [-0.1, -0.05) is 11.2 Å². The van der Waals surface area contributed by atoms with E-state index in [9.17, 15) is 4.79 Å². The summed E-state index contributed by atoms with van der Waals surface area (Å²) >= 11 is 0. The summed E-state index contributed by atoms with van der Waals surface area (Å²) in [4.78, 5) is 16.5. The Hall–Kier alpha value is -3.35. The molecule has 1 aliphatic carbocycles. The fraction of sp³-hybridized carbons (Fsp3) is 0.250. The van der Waals surface area contributed by atoms with Crippen molar-refractivity contribution in [3.63, 3.8) is 0 Å². The summed E-state index contributed by atoms with van der Waals surface area (Å²) in [6.07, 6.45) is 2.27. The SMILES string of the molecule is O=C(N[C@@H]1C[C@H]1c1ccc2c(c1)OCCO2)c1ccc(-c2ncno2)cc1. The van der Waals surface area contributed by atoms with Gasteiger partial charge in [-0.25, -0.2) is 0 Å². The summed E-state index contributed by atoms with van der Waals surface area (Å²) < 4.78 is 16.2. The lowest BCUT2D eigenvalue weighted by molar-refractivity contribution is 0.0950. The third kappa shape index (κ3) is 3.12. The molecule has 2 aliphatic rings. The number of amides is 1. The van der Waals surface area contributed by atoms with Crippen LogP contribution < -0.4 is 14.8 Å². The third-order valence-corrected chi connectivity index (χ3v) is 4.86. The van der Waals surface area contributed by atoms with E-state index in [4.69, 9.17) is 14.0 Å². The van der Waals surface area contributed by atoms with Gasteiger partial charge in [0.2, 0.25) is 0 Å². The van der Waals surface area contributed by atoms with Gasteiger partial charge in [0.1, 0.15) is 13.2 Å². The largest absolute Gasteiger partial charge is 0.486 e. The minimum absolute atomic E-state index is 0.0860. The van der Waals surface area contributed by atoms with E-state index in [1.165, 1.54) is 6.33 Å². The zero-order chi connectivity index (χ0) is 18.2. The molecule has 1 aromatic heterocycles. The molecule has 1 saturated carbocycles. The second-order valence-corrected chi connectivity index (χ2v) is 6.65. The summed E-state index contributed by atoms with van der Waals surface area (Å²) in [5.41, 5.74) is 2.55. The highest BCUT2D eigenvalue weighted by atomic mass is 16.6. The first kappa shape index (κ1) is 15.9. The first-order valence-electron chi connectivity index (χ1n) is 8.85. The molecule has 0 spiro atoms. The highest BCUT2D eigenvalue weighted by Gasteiger charge is 2.40. The maximum Gasteiger partial charge on any atom is 0.257 e. The van der Waals surface area contributed by atoms with Crippen LogP contribution in [0.2, 0.25) is 0 Å². The van der Waals surface area contributed by atoms with Crippen molar-refractivity contribution in [2.45, 2.75) is 18.4 Å². The van der Waals surface area contributed by atoms with Crippen LogP contribution in [0.3, 0.4) is 0 Å². The zero-order valence-electron chi connectivity index (χ0n) is 14.4. The standard InChI is InChI=1S/C20H17N3O4/c24-19(12-1-3-13(4-2-12)20-21-11-22-27-20)23-16-10-15(16)14-5-6-17-18(9-14)26-8-7-25-17/h1-6,9,11,15-16H,7-8,10H2,(H,23,24)/t15-,16+/m0/s1. The number of nitrogens with zero attached hydrogens (tertiary/aromatic N) is 2. The maximum atomic E-state index is 12.5. The van der Waals surface area contributed by atoms with Gasteiger partial charge in [-0.05, 0) is 48.4 Å². The number of benzene rings is 2. The van der Waals surface area contributed by atoms with Gasteiger partial charge in [0.15, 0.2) is 17.8 Å². The molecule has 0 bridgehead atoms. The van der Waals surface area contributed by atoms with E-state index in [0.717, 1.165) is 29.0 Å². The predicted molar refractivity (Wildman–Crippen MR) is 95.8 cm³/mol. The van der Waals surface area contributed by atoms with Crippen LogP contribution >= 0.6 is 0 Å². The topological polar surface area (TPSA) is 86.5 Å². The predicted octanol–water partition coefficient (Wildman–Crippen LogP) is 2.79. The Bertz CT molecular complexity index is 969. The first-order chi connectivity index (χ1) is 13.3. The Balaban J connectivity index is 1.23. The molecule has 5 rings (SSSR count). The number of carbonyl (C=O) groups excluding carboxylic acids is 1. The monoisotopic (exact) mass is 363 g/mol. The second kappa shape index (κ2) is 6.42. The van der Waals surface area contributed by atoms with Gasteiger partial charge >= 0.3 is 0 Å². The summed E-state index contributed by atoms with van der Waals surface area (Å²) in [7, 11) is 0. The zero-order valence-corrected chi connectivity index (χ0v) is 14.4. The number of carbonyl (C=O) groups is 1. The van der Waals surface area contributed by atoms with Crippen LogP contribution in [0.15, 0.2) is 53.3 Å². The van der Waals surface area contributed by atoms with Gasteiger partial charge in [0, 0.05) is 23.1 Å². The molecule has 27 heavy (non-hydrogen) atoms. The van der Waals surface area contributed by atoms with E-state index in [-0.39, 0.29) is 11.9 Å². The van der Waals surface area contributed by atoms with E-state index >= 15 is 0 Å². The van der Waals surface area contributed by atoms with Crippen molar-refractivity contribution in [2.75, 3.05) is 13.2 Å². The van der Waals surface area contributed by atoms with Crippen molar-refractivity contribution < 1.29 is 18.8 Å². The molecule has 1 aliphatic heterocycles. The van der Waals surface area contributed by atoms with Crippen molar-refractivity contribution in [3.8, 4) is 23.0 Å². The van der Waals surface area contributed by atoms with Crippen molar-refractivity contribution in [3.05, 3.63) is 59.9 Å². The Morgan fingerprint density at radius 1 is 1.04 bits per heavy atom. The molecule has 7 heteroatoms. The summed E-state index contributed by atoms with van der Waals surface area (Å²) in [5, 5.41) is 6.68. The van der Waals surface area contributed by atoms with Crippen LogP contribution in [-0.4, -0.2) is 35.3 Å². The number of hydrogen-bond donors (Lipinski definition) is 1. The normalized spacial score (nSPS) is 20.1. The van der Waals surface area contributed by atoms with E-state index in [0.29, 0.717) is 30.6 Å². The highest BCUT2D eigenvalue weighted by Crippen LogP contribution is 2.44. The first-order valence-corrected chi connectivity index (χ1v) is 8.85. The molecule has 0 saturated heterocycles. The smallest absolute Gasteiger partial charge is 0.257 e. The highest BCUT2D eigenvalue weighted by molar-refractivity contribution is 5.95. The quantitative estimate of drug-likeness (QED) is 0.767.